The fourth-order valence-electron chi connectivity index (χ4n) is 3.74. The van der Waals surface area contributed by atoms with Gasteiger partial charge in [0.05, 0.1) is 12.7 Å². The van der Waals surface area contributed by atoms with E-state index in [0.29, 0.717) is 12.1 Å². The minimum absolute atomic E-state index is 0.00178. The van der Waals surface area contributed by atoms with Crippen LogP contribution in [0.3, 0.4) is 0 Å². The molecule has 3 rings (SSSR count). The maximum Gasteiger partial charge on any atom is 0.119 e. The topological polar surface area (TPSA) is 30.5 Å². The van der Waals surface area contributed by atoms with Gasteiger partial charge in [0.25, 0.3) is 0 Å². The number of methoxy groups -OCH3 is 1. The number of nitrogens with one attached hydrogen (secondary N) is 1. The molecule has 1 aromatic rings. The SMILES string of the molecule is COc1ccc2c(c1)C(NC1CCOC(C)(C)C1)CCC2. The molecule has 1 heterocycles. The summed E-state index contributed by atoms with van der Waals surface area (Å²) in [5.74, 6) is 0.967. The second-order valence-electron chi connectivity index (χ2n) is 6.97. The molecule has 21 heavy (non-hydrogen) atoms. The van der Waals surface area contributed by atoms with Crippen molar-refractivity contribution in [2.45, 2.75) is 63.6 Å². The molecule has 2 unspecified atom stereocenters. The van der Waals surface area contributed by atoms with Crippen LogP contribution in [0.15, 0.2) is 18.2 Å². The molecule has 1 aromatic carbocycles. The number of ether oxygens (including phenoxy) is 2. The second kappa shape index (κ2) is 5.98. The van der Waals surface area contributed by atoms with Crippen LogP contribution in [0, 0.1) is 0 Å². The summed E-state index contributed by atoms with van der Waals surface area (Å²) in [4.78, 5) is 0. The molecule has 0 spiro atoms. The van der Waals surface area contributed by atoms with Gasteiger partial charge < -0.3 is 14.8 Å². The maximum absolute atomic E-state index is 5.83. The largest absolute Gasteiger partial charge is 0.497 e. The highest BCUT2D eigenvalue weighted by atomic mass is 16.5. The third-order valence-corrected chi connectivity index (χ3v) is 4.80. The Morgan fingerprint density at radius 2 is 2.14 bits per heavy atom. The van der Waals surface area contributed by atoms with Crippen molar-refractivity contribution in [3.8, 4) is 5.75 Å². The molecule has 3 nitrogen and oxygen atoms in total. The summed E-state index contributed by atoms with van der Waals surface area (Å²) in [5.41, 5.74) is 2.91. The van der Waals surface area contributed by atoms with Crippen LogP contribution in [-0.2, 0) is 11.2 Å². The first-order chi connectivity index (χ1) is 10.1. The third kappa shape index (κ3) is 3.41. The van der Waals surface area contributed by atoms with E-state index in [0.717, 1.165) is 25.2 Å². The lowest BCUT2D eigenvalue weighted by molar-refractivity contribution is -0.0644. The molecule has 0 radical (unpaired) electrons. The average Bonchev–Trinajstić information content (AvgIpc) is 2.46. The summed E-state index contributed by atoms with van der Waals surface area (Å²) in [5, 5.41) is 3.89. The van der Waals surface area contributed by atoms with Gasteiger partial charge in [0.1, 0.15) is 5.75 Å². The van der Waals surface area contributed by atoms with Gasteiger partial charge >= 0.3 is 0 Å². The van der Waals surface area contributed by atoms with Crippen LogP contribution >= 0.6 is 0 Å². The molecule has 2 aliphatic rings. The van der Waals surface area contributed by atoms with E-state index in [1.54, 1.807) is 7.11 Å². The van der Waals surface area contributed by atoms with Crippen LogP contribution in [0.5, 0.6) is 5.75 Å². The van der Waals surface area contributed by atoms with Crippen LogP contribution < -0.4 is 10.1 Å². The number of hydrogen-bond acceptors (Lipinski definition) is 3. The Labute approximate surface area is 128 Å². The lowest BCUT2D eigenvalue weighted by atomic mass is 9.85. The Kier molecular flexibility index (Phi) is 4.23. The molecule has 1 saturated heterocycles. The zero-order valence-corrected chi connectivity index (χ0v) is 13.4. The van der Waals surface area contributed by atoms with Crippen molar-refractivity contribution >= 4 is 0 Å². The predicted octanol–water partition coefficient (Wildman–Crippen LogP) is 3.62. The van der Waals surface area contributed by atoms with Gasteiger partial charge in [-0.15, -0.1) is 0 Å². The molecule has 1 aliphatic carbocycles. The minimum Gasteiger partial charge on any atom is -0.497 e. The van der Waals surface area contributed by atoms with Crippen molar-refractivity contribution in [2.75, 3.05) is 13.7 Å². The molecule has 1 N–H and O–H groups in total. The fraction of sp³-hybridized carbons (Fsp3) is 0.667. The molecule has 0 bridgehead atoms. The molecule has 0 amide bonds. The van der Waals surface area contributed by atoms with E-state index in [-0.39, 0.29) is 5.60 Å². The maximum atomic E-state index is 5.83. The van der Waals surface area contributed by atoms with Gasteiger partial charge in [0.15, 0.2) is 0 Å². The number of rotatable bonds is 3. The van der Waals surface area contributed by atoms with Crippen molar-refractivity contribution < 1.29 is 9.47 Å². The zero-order chi connectivity index (χ0) is 14.9. The van der Waals surface area contributed by atoms with Gasteiger partial charge in [-0.25, -0.2) is 0 Å². The number of aryl methyl sites for hydroxylation is 1. The van der Waals surface area contributed by atoms with Crippen molar-refractivity contribution in [1.29, 1.82) is 0 Å². The van der Waals surface area contributed by atoms with Crippen molar-refractivity contribution in [1.82, 2.24) is 5.32 Å². The Morgan fingerprint density at radius 1 is 1.29 bits per heavy atom. The monoisotopic (exact) mass is 289 g/mol. The molecule has 0 saturated carbocycles. The molecule has 1 aliphatic heterocycles. The van der Waals surface area contributed by atoms with Gasteiger partial charge in [-0.2, -0.15) is 0 Å². The molecular weight excluding hydrogens is 262 g/mol. The van der Waals surface area contributed by atoms with Gasteiger partial charge in [0.2, 0.25) is 0 Å². The number of hydrogen-bond donors (Lipinski definition) is 1. The van der Waals surface area contributed by atoms with Crippen LogP contribution in [0.2, 0.25) is 0 Å². The van der Waals surface area contributed by atoms with Crippen LogP contribution in [0.4, 0.5) is 0 Å². The Bertz CT molecular complexity index is 498. The fourth-order valence-corrected chi connectivity index (χ4v) is 3.74. The smallest absolute Gasteiger partial charge is 0.119 e. The summed E-state index contributed by atoms with van der Waals surface area (Å²) < 4.78 is 11.2. The first kappa shape index (κ1) is 14.9. The Hall–Kier alpha value is -1.06. The van der Waals surface area contributed by atoms with Crippen LogP contribution in [0.25, 0.3) is 0 Å². The van der Waals surface area contributed by atoms with E-state index in [4.69, 9.17) is 9.47 Å². The van der Waals surface area contributed by atoms with Gasteiger partial charge in [0, 0.05) is 18.7 Å². The summed E-state index contributed by atoms with van der Waals surface area (Å²) in [6.45, 7) is 5.25. The van der Waals surface area contributed by atoms with E-state index in [9.17, 15) is 0 Å². The predicted molar refractivity (Wildman–Crippen MR) is 84.9 cm³/mol. The van der Waals surface area contributed by atoms with E-state index in [2.05, 4.69) is 37.4 Å². The summed E-state index contributed by atoms with van der Waals surface area (Å²) in [7, 11) is 1.74. The van der Waals surface area contributed by atoms with Crippen molar-refractivity contribution in [2.24, 2.45) is 0 Å². The van der Waals surface area contributed by atoms with E-state index < -0.39 is 0 Å². The summed E-state index contributed by atoms with van der Waals surface area (Å²) in [6, 6.07) is 7.55. The van der Waals surface area contributed by atoms with Crippen molar-refractivity contribution in [3.05, 3.63) is 29.3 Å². The lowest BCUT2D eigenvalue weighted by Crippen LogP contribution is -2.45. The zero-order valence-electron chi connectivity index (χ0n) is 13.4. The van der Waals surface area contributed by atoms with E-state index in [1.807, 2.05) is 0 Å². The molecule has 3 heteroatoms. The Morgan fingerprint density at radius 3 is 2.90 bits per heavy atom. The molecule has 2 atom stereocenters. The number of fused-ring (bicyclic) bond motifs is 1. The lowest BCUT2D eigenvalue weighted by Gasteiger charge is -2.39. The summed E-state index contributed by atoms with van der Waals surface area (Å²) >= 11 is 0. The first-order valence-electron chi connectivity index (χ1n) is 8.14. The Balaban J connectivity index is 1.75. The highest BCUT2D eigenvalue weighted by Gasteiger charge is 2.31. The second-order valence-corrected chi connectivity index (χ2v) is 6.97. The van der Waals surface area contributed by atoms with Crippen LogP contribution in [0.1, 0.15) is 56.7 Å². The molecule has 0 aromatic heterocycles. The van der Waals surface area contributed by atoms with Gasteiger partial charge in [-0.1, -0.05) is 6.07 Å². The molecule has 1 fully saturated rings. The van der Waals surface area contributed by atoms with E-state index in [1.165, 1.54) is 30.4 Å². The average molecular weight is 289 g/mol. The normalized spacial score (nSPS) is 28.0. The highest BCUT2D eigenvalue weighted by Crippen LogP contribution is 2.34. The number of benzene rings is 1. The first-order valence-corrected chi connectivity index (χ1v) is 8.14. The minimum atomic E-state index is 0.00178. The molecule has 116 valence electrons. The van der Waals surface area contributed by atoms with Crippen molar-refractivity contribution in [3.63, 3.8) is 0 Å². The van der Waals surface area contributed by atoms with E-state index >= 15 is 0 Å². The van der Waals surface area contributed by atoms with Gasteiger partial charge in [-0.3, -0.25) is 0 Å². The molecular formula is C18H27NO2. The standard InChI is InChI=1S/C18H27NO2/c1-18(2)12-14(9-10-21-18)19-17-6-4-5-13-7-8-15(20-3)11-16(13)17/h7-8,11,14,17,19H,4-6,9-10,12H2,1-3H3. The quantitative estimate of drug-likeness (QED) is 0.922. The third-order valence-electron chi connectivity index (χ3n) is 4.80. The van der Waals surface area contributed by atoms with Gasteiger partial charge in [-0.05, 0) is 69.2 Å². The van der Waals surface area contributed by atoms with Crippen LogP contribution in [-0.4, -0.2) is 25.4 Å². The summed E-state index contributed by atoms with van der Waals surface area (Å²) in [6.07, 6.45) is 5.88. The highest BCUT2D eigenvalue weighted by molar-refractivity contribution is 5.39.